The van der Waals surface area contributed by atoms with Crippen LogP contribution in [0.25, 0.3) is 10.2 Å². The first-order chi connectivity index (χ1) is 8.83. The molecule has 5 heteroatoms. The van der Waals surface area contributed by atoms with Gasteiger partial charge in [-0.2, -0.15) is 0 Å². The van der Waals surface area contributed by atoms with Gasteiger partial charge in [-0.3, -0.25) is 0 Å². The fraction of sp³-hybridized carbons (Fsp3) is 0.538. The van der Waals surface area contributed by atoms with Crippen LogP contribution >= 0.6 is 22.9 Å². The summed E-state index contributed by atoms with van der Waals surface area (Å²) >= 11 is 7.85. The third kappa shape index (κ3) is 2.19. The lowest BCUT2D eigenvalue weighted by Crippen LogP contribution is -2.42. The van der Waals surface area contributed by atoms with Gasteiger partial charge in [0.2, 0.25) is 0 Å². The maximum atomic E-state index is 6.21. The van der Waals surface area contributed by atoms with E-state index < -0.39 is 0 Å². The van der Waals surface area contributed by atoms with Crippen molar-refractivity contribution in [3.8, 4) is 0 Å². The van der Waals surface area contributed by atoms with Crippen LogP contribution in [0.1, 0.15) is 32.1 Å². The van der Waals surface area contributed by atoms with Crippen molar-refractivity contribution < 1.29 is 0 Å². The lowest BCUT2D eigenvalue weighted by Gasteiger charge is -2.37. The van der Waals surface area contributed by atoms with Gasteiger partial charge in [0, 0.05) is 5.88 Å². The Morgan fingerprint density at radius 2 is 2.11 bits per heavy atom. The molecule has 0 aliphatic heterocycles. The molecule has 2 aromatic heterocycles. The van der Waals surface area contributed by atoms with E-state index in [9.17, 15) is 0 Å². The fourth-order valence-corrected chi connectivity index (χ4v) is 3.73. The van der Waals surface area contributed by atoms with E-state index in [0.29, 0.717) is 5.88 Å². The first-order valence-corrected chi connectivity index (χ1v) is 7.77. The van der Waals surface area contributed by atoms with Gasteiger partial charge in [0.25, 0.3) is 0 Å². The Labute approximate surface area is 116 Å². The van der Waals surface area contributed by atoms with Crippen molar-refractivity contribution in [3.05, 3.63) is 17.8 Å². The van der Waals surface area contributed by atoms with Crippen LogP contribution in [0.5, 0.6) is 0 Å². The van der Waals surface area contributed by atoms with Crippen molar-refractivity contribution in [1.29, 1.82) is 0 Å². The normalized spacial score (nSPS) is 18.9. The SMILES string of the molecule is ClCC1(Nc2ncnc3sccc23)CCCCC1. The van der Waals surface area contributed by atoms with Crippen molar-refractivity contribution in [3.63, 3.8) is 0 Å². The van der Waals surface area contributed by atoms with E-state index in [1.165, 1.54) is 19.3 Å². The fourth-order valence-electron chi connectivity index (χ4n) is 2.66. The summed E-state index contributed by atoms with van der Waals surface area (Å²) in [5, 5.41) is 6.76. The molecule has 1 fully saturated rings. The maximum absolute atomic E-state index is 6.21. The van der Waals surface area contributed by atoms with Gasteiger partial charge in [-0.15, -0.1) is 22.9 Å². The number of alkyl halides is 1. The largest absolute Gasteiger partial charge is 0.363 e. The topological polar surface area (TPSA) is 37.8 Å². The van der Waals surface area contributed by atoms with Crippen LogP contribution in [0, 0.1) is 0 Å². The smallest absolute Gasteiger partial charge is 0.138 e. The molecule has 0 amide bonds. The zero-order valence-corrected chi connectivity index (χ0v) is 11.7. The molecule has 3 rings (SSSR count). The van der Waals surface area contributed by atoms with E-state index in [2.05, 4.69) is 26.7 Å². The molecule has 2 heterocycles. The van der Waals surface area contributed by atoms with Gasteiger partial charge in [0.05, 0.1) is 10.9 Å². The Kier molecular flexibility index (Phi) is 3.39. The summed E-state index contributed by atoms with van der Waals surface area (Å²) in [5.74, 6) is 1.58. The summed E-state index contributed by atoms with van der Waals surface area (Å²) in [6.45, 7) is 0. The lowest BCUT2D eigenvalue weighted by atomic mass is 9.83. The van der Waals surface area contributed by atoms with Crippen LogP contribution in [-0.2, 0) is 0 Å². The number of hydrogen-bond acceptors (Lipinski definition) is 4. The Hall–Kier alpha value is -0.870. The quantitative estimate of drug-likeness (QED) is 0.863. The monoisotopic (exact) mass is 281 g/mol. The van der Waals surface area contributed by atoms with Gasteiger partial charge >= 0.3 is 0 Å². The van der Waals surface area contributed by atoms with Crippen molar-refractivity contribution in [2.45, 2.75) is 37.6 Å². The molecule has 1 N–H and O–H groups in total. The zero-order valence-electron chi connectivity index (χ0n) is 10.2. The van der Waals surface area contributed by atoms with Crippen molar-refractivity contribution in [1.82, 2.24) is 9.97 Å². The molecule has 0 aromatic carbocycles. The summed E-state index contributed by atoms with van der Waals surface area (Å²) in [4.78, 5) is 9.71. The molecule has 0 saturated heterocycles. The first kappa shape index (κ1) is 12.2. The molecular formula is C13H16ClN3S. The highest BCUT2D eigenvalue weighted by Gasteiger charge is 2.31. The van der Waals surface area contributed by atoms with Gasteiger partial charge in [-0.05, 0) is 24.3 Å². The first-order valence-electron chi connectivity index (χ1n) is 6.35. The molecule has 1 aliphatic rings. The highest BCUT2D eigenvalue weighted by molar-refractivity contribution is 7.16. The number of halogens is 1. The van der Waals surface area contributed by atoms with E-state index in [1.807, 2.05) is 0 Å². The number of fused-ring (bicyclic) bond motifs is 1. The minimum absolute atomic E-state index is 0.0169. The van der Waals surface area contributed by atoms with E-state index in [0.717, 1.165) is 28.9 Å². The molecule has 2 aromatic rings. The Morgan fingerprint density at radius 1 is 1.28 bits per heavy atom. The second-order valence-corrected chi connectivity index (χ2v) is 6.12. The molecule has 0 radical (unpaired) electrons. The molecule has 18 heavy (non-hydrogen) atoms. The van der Waals surface area contributed by atoms with E-state index in [1.54, 1.807) is 17.7 Å². The lowest BCUT2D eigenvalue weighted by molar-refractivity contribution is 0.353. The standard InChI is InChI=1S/C13H16ClN3S/c14-8-13(5-2-1-3-6-13)17-11-10-4-7-18-12(10)16-9-15-11/h4,7,9H,1-3,5-6,8H2,(H,15,16,17). The minimum atomic E-state index is 0.0169. The van der Waals surface area contributed by atoms with Gasteiger partial charge < -0.3 is 5.32 Å². The number of thiophene rings is 1. The Morgan fingerprint density at radius 3 is 2.89 bits per heavy atom. The summed E-state index contributed by atoms with van der Waals surface area (Å²) in [6, 6.07) is 2.08. The number of nitrogens with zero attached hydrogens (tertiary/aromatic N) is 2. The predicted molar refractivity (Wildman–Crippen MR) is 77.6 cm³/mol. The van der Waals surface area contributed by atoms with Crippen LogP contribution in [-0.4, -0.2) is 21.4 Å². The number of rotatable bonds is 3. The Balaban J connectivity index is 1.92. The molecule has 0 unspecified atom stereocenters. The number of hydrogen-bond donors (Lipinski definition) is 1. The number of aromatic nitrogens is 2. The molecule has 1 aliphatic carbocycles. The summed E-state index contributed by atoms with van der Waals surface area (Å²) in [5.41, 5.74) is 0.0169. The van der Waals surface area contributed by atoms with E-state index >= 15 is 0 Å². The molecular weight excluding hydrogens is 266 g/mol. The van der Waals surface area contributed by atoms with Crippen LogP contribution in [0.3, 0.4) is 0 Å². The van der Waals surface area contributed by atoms with Crippen molar-refractivity contribution in [2.24, 2.45) is 0 Å². The van der Waals surface area contributed by atoms with Gasteiger partial charge in [-0.1, -0.05) is 19.3 Å². The van der Waals surface area contributed by atoms with Gasteiger partial charge in [0.1, 0.15) is 17.0 Å². The summed E-state index contributed by atoms with van der Waals surface area (Å²) in [6.07, 6.45) is 7.71. The molecule has 0 bridgehead atoms. The highest BCUT2D eigenvalue weighted by Crippen LogP contribution is 2.34. The maximum Gasteiger partial charge on any atom is 0.138 e. The van der Waals surface area contributed by atoms with Crippen LogP contribution < -0.4 is 5.32 Å². The zero-order chi connectivity index (χ0) is 12.4. The third-order valence-electron chi connectivity index (χ3n) is 3.71. The van der Waals surface area contributed by atoms with Crippen LogP contribution in [0.2, 0.25) is 0 Å². The molecule has 0 atom stereocenters. The van der Waals surface area contributed by atoms with E-state index in [-0.39, 0.29) is 5.54 Å². The van der Waals surface area contributed by atoms with Crippen molar-refractivity contribution >= 4 is 39.0 Å². The number of nitrogens with one attached hydrogen (secondary N) is 1. The molecule has 96 valence electrons. The van der Waals surface area contributed by atoms with Crippen molar-refractivity contribution in [2.75, 3.05) is 11.2 Å². The number of anilines is 1. The second kappa shape index (κ2) is 5.02. The van der Waals surface area contributed by atoms with Crippen LogP contribution in [0.15, 0.2) is 17.8 Å². The van der Waals surface area contributed by atoms with Crippen LogP contribution in [0.4, 0.5) is 5.82 Å². The minimum Gasteiger partial charge on any atom is -0.363 e. The molecule has 3 nitrogen and oxygen atoms in total. The average molecular weight is 282 g/mol. The Bertz CT molecular complexity index is 534. The van der Waals surface area contributed by atoms with Gasteiger partial charge in [0.15, 0.2) is 0 Å². The summed E-state index contributed by atoms with van der Waals surface area (Å²) < 4.78 is 0. The molecule has 1 saturated carbocycles. The average Bonchev–Trinajstić information content (AvgIpc) is 2.89. The summed E-state index contributed by atoms with van der Waals surface area (Å²) in [7, 11) is 0. The molecule has 0 spiro atoms. The van der Waals surface area contributed by atoms with Gasteiger partial charge in [-0.25, -0.2) is 9.97 Å². The highest BCUT2D eigenvalue weighted by atomic mass is 35.5. The van der Waals surface area contributed by atoms with E-state index in [4.69, 9.17) is 11.6 Å². The third-order valence-corrected chi connectivity index (χ3v) is 5.04. The predicted octanol–water partition coefficient (Wildman–Crippen LogP) is 4.04. The second-order valence-electron chi connectivity index (χ2n) is 4.96.